The van der Waals surface area contributed by atoms with Crippen LogP contribution in [0.2, 0.25) is 0 Å². The minimum atomic E-state index is -0.0118. The lowest BCUT2D eigenvalue weighted by Crippen LogP contribution is -2.35. The fourth-order valence-corrected chi connectivity index (χ4v) is 7.12. The summed E-state index contributed by atoms with van der Waals surface area (Å²) in [5.41, 5.74) is 7.71. The van der Waals surface area contributed by atoms with Gasteiger partial charge in [0.1, 0.15) is 5.75 Å². The molecule has 0 bridgehead atoms. The average Bonchev–Trinajstić information content (AvgIpc) is 2.89. The molecule has 3 heteroatoms. The maximum Gasteiger partial charge on any atom is 0.314 e. The van der Waals surface area contributed by atoms with Gasteiger partial charge in [-0.25, -0.2) is 0 Å². The van der Waals surface area contributed by atoms with E-state index in [1.807, 2.05) is 12.1 Å². The van der Waals surface area contributed by atoms with Gasteiger partial charge in [-0.3, -0.25) is 4.79 Å². The minimum absolute atomic E-state index is 0.0118. The van der Waals surface area contributed by atoms with E-state index >= 15 is 0 Å². The van der Waals surface area contributed by atoms with Crippen LogP contribution < -0.4 is 10.5 Å². The Morgan fingerprint density at radius 3 is 1.97 bits per heavy atom. The van der Waals surface area contributed by atoms with Crippen molar-refractivity contribution in [3.63, 3.8) is 0 Å². The van der Waals surface area contributed by atoms with E-state index in [0.717, 1.165) is 48.7 Å². The van der Waals surface area contributed by atoms with Crippen LogP contribution in [0.25, 0.3) is 0 Å². The molecule has 0 aliphatic heterocycles. The molecule has 3 saturated carbocycles. The Morgan fingerprint density at radius 2 is 1.42 bits per heavy atom. The molecule has 1 atom stereocenters. The van der Waals surface area contributed by atoms with Crippen molar-refractivity contribution in [1.82, 2.24) is 0 Å². The third-order valence-electron chi connectivity index (χ3n) is 9.66. The second-order valence-corrected chi connectivity index (χ2v) is 11.5. The number of hydrogen-bond acceptors (Lipinski definition) is 3. The SMILES string of the molecule is CCC1CCC(c2ccc(OC(=O)C3CCC(C4CCC(C(N)CC)CC4)CC3)cc2)CC1. The van der Waals surface area contributed by atoms with Gasteiger partial charge >= 0.3 is 5.97 Å². The van der Waals surface area contributed by atoms with Gasteiger partial charge in [-0.15, -0.1) is 0 Å². The van der Waals surface area contributed by atoms with Crippen LogP contribution in [0.1, 0.15) is 115 Å². The standard InChI is InChI=1S/C30H47NO2/c1-3-21-5-7-22(8-6-21)25-17-19-28(20-18-25)33-30(32)27-15-11-24(12-16-27)23-9-13-26(14-10-23)29(31)4-2/h17-24,26-27,29H,3-16,31H2,1-2H3. The van der Waals surface area contributed by atoms with Gasteiger partial charge in [0.05, 0.1) is 5.92 Å². The van der Waals surface area contributed by atoms with Crippen molar-refractivity contribution >= 4 is 5.97 Å². The molecule has 0 saturated heterocycles. The van der Waals surface area contributed by atoms with E-state index in [2.05, 4.69) is 26.0 Å². The van der Waals surface area contributed by atoms with E-state index < -0.39 is 0 Å². The molecule has 1 aromatic carbocycles. The van der Waals surface area contributed by atoms with Gasteiger partial charge in [0.15, 0.2) is 0 Å². The number of carbonyl (C=O) groups is 1. The van der Waals surface area contributed by atoms with Gasteiger partial charge in [0, 0.05) is 6.04 Å². The molecule has 3 aliphatic rings. The molecule has 33 heavy (non-hydrogen) atoms. The molecular weight excluding hydrogens is 406 g/mol. The maximum atomic E-state index is 12.8. The van der Waals surface area contributed by atoms with E-state index in [1.54, 1.807) is 0 Å². The van der Waals surface area contributed by atoms with Gasteiger partial charge in [-0.1, -0.05) is 32.4 Å². The van der Waals surface area contributed by atoms with Crippen LogP contribution in [0.15, 0.2) is 24.3 Å². The summed E-state index contributed by atoms with van der Waals surface area (Å²) in [5.74, 6) is 4.77. The van der Waals surface area contributed by atoms with Crippen LogP contribution in [-0.4, -0.2) is 12.0 Å². The van der Waals surface area contributed by atoms with Crippen LogP contribution in [-0.2, 0) is 4.79 Å². The highest BCUT2D eigenvalue weighted by Crippen LogP contribution is 2.42. The lowest BCUT2D eigenvalue weighted by molar-refractivity contribution is -0.140. The summed E-state index contributed by atoms with van der Waals surface area (Å²) in [6.45, 7) is 4.53. The Balaban J connectivity index is 1.20. The van der Waals surface area contributed by atoms with Gasteiger partial charge in [0.2, 0.25) is 0 Å². The predicted molar refractivity (Wildman–Crippen MR) is 136 cm³/mol. The molecule has 3 aliphatic carbocycles. The van der Waals surface area contributed by atoms with Gasteiger partial charge < -0.3 is 10.5 Å². The number of esters is 1. The Labute approximate surface area is 202 Å². The molecule has 1 aromatic rings. The molecule has 0 aromatic heterocycles. The zero-order valence-electron chi connectivity index (χ0n) is 21.1. The molecule has 3 fully saturated rings. The summed E-state index contributed by atoms with van der Waals surface area (Å²) >= 11 is 0. The highest BCUT2D eigenvalue weighted by Gasteiger charge is 2.34. The topological polar surface area (TPSA) is 52.3 Å². The first kappa shape index (κ1) is 24.8. The molecule has 4 rings (SSSR count). The van der Waals surface area contributed by atoms with E-state index in [9.17, 15) is 4.79 Å². The first-order chi connectivity index (χ1) is 16.1. The largest absolute Gasteiger partial charge is 0.426 e. The summed E-state index contributed by atoms with van der Waals surface area (Å²) in [7, 11) is 0. The summed E-state index contributed by atoms with van der Waals surface area (Å²) in [6, 6.07) is 8.81. The molecule has 0 amide bonds. The van der Waals surface area contributed by atoms with Crippen LogP contribution in [0, 0.1) is 29.6 Å². The van der Waals surface area contributed by atoms with Crippen molar-refractivity contribution in [2.24, 2.45) is 35.3 Å². The fourth-order valence-electron chi connectivity index (χ4n) is 7.12. The monoisotopic (exact) mass is 453 g/mol. The molecule has 0 spiro atoms. The first-order valence-electron chi connectivity index (χ1n) is 14.1. The summed E-state index contributed by atoms with van der Waals surface area (Å²) < 4.78 is 5.81. The molecule has 0 radical (unpaired) electrons. The zero-order valence-corrected chi connectivity index (χ0v) is 21.1. The second-order valence-electron chi connectivity index (χ2n) is 11.5. The van der Waals surface area contributed by atoms with Crippen LogP contribution in [0.5, 0.6) is 5.75 Å². The molecule has 0 heterocycles. The van der Waals surface area contributed by atoms with E-state index in [-0.39, 0.29) is 11.9 Å². The summed E-state index contributed by atoms with van der Waals surface area (Å²) in [6.07, 6.45) is 17.4. The number of nitrogens with two attached hydrogens (primary N) is 1. The summed E-state index contributed by atoms with van der Waals surface area (Å²) in [5, 5.41) is 0. The van der Waals surface area contributed by atoms with Gasteiger partial charge in [-0.05, 0) is 131 Å². The van der Waals surface area contributed by atoms with Gasteiger partial charge in [0.25, 0.3) is 0 Å². The normalized spacial score (nSPS) is 33.9. The van der Waals surface area contributed by atoms with Crippen molar-refractivity contribution in [2.75, 3.05) is 0 Å². The fraction of sp³-hybridized carbons (Fsp3) is 0.767. The Bertz CT molecular complexity index is 720. The Kier molecular flexibility index (Phi) is 8.91. The number of carbonyl (C=O) groups excluding carboxylic acids is 1. The number of ether oxygens (including phenoxy) is 1. The average molecular weight is 454 g/mol. The van der Waals surface area contributed by atoms with Crippen molar-refractivity contribution in [3.05, 3.63) is 29.8 Å². The minimum Gasteiger partial charge on any atom is -0.426 e. The smallest absolute Gasteiger partial charge is 0.314 e. The highest BCUT2D eigenvalue weighted by atomic mass is 16.5. The molecule has 1 unspecified atom stereocenters. The van der Waals surface area contributed by atoms with Crippen molar-refractivity contribution in [1.29, 1.82) is 0 Å². The second kappa shape index (κ2) is 11.9. The first-order valence-corrected chi connectivity index (χ1v) is 14.1. The molecule has 3 nitrogen and oxygen atoms in total. The van der Waals surface area contributed by atoms with Gasteiger partial charge in [-0.2, -0.15) is 0 Å². The molecular formula is C30H47NO2. The molecule has 184 valence electrons. The number of rotatable bonds is 7. The quantitative estimate of drug-likeness (QED) is 0.341. The Hall–Kier alpha value is -1.35. The zero-order chi connectivity index (χ0) is 23.2. The van der Waals surface area contributed by atoms with Crippen molar-refractivity contribution in [2.45, 2.75) is 116 Å². The van der Waals surface area contributed by atoms with E-state index in [1.165, 1.54) is 76.2 Å². The van der Waals surface area contributed by atoms with Crippen molar-refractivity contribution < 1.29 is 9.53 Å². The third-order valence-corrected chi connectivity index (χ3v) is 9.66. The van der Waals surface area contributed by atoms with E-state index in [0.29, 0.717) is 12.0 Å². The third kappa shape index (κ3) is 6.41. The lowest BCUT2D eigenvalue weighted by atomic mass is 9.68. The van der Waals surface area contributed by atoms with Crippen LogP contribution in [0.3, 0.4) is 0 Å². The highest BCUT2D eigenvalue weighted by molar-refractivity contribution is 5.75. The lowest BCUT2D eigenvalue weighted by Gasteiger charge is -2.38. The maximum absolute atomic E-state index is 12.8. The Morgan fingerprint density at radius 1 is 0.848 bits per heavy atom. The summed E-state index contributed by atoms with van der Waals surface area (Å²) in [4.78, 5) is 12.8. The van der Waals surface area contributed by atoms with E-state index in [4.69, 9.17) is 10.5 Å². The number of benzene rings is 1. The van der Waals surface area contributed by atoms with Crippen molar-refractivity contribution in [3.8, 4) is 5.75 Å². The molecule has 2 N–H and O–H groups in total. The predicted octanol–water partition coefficient (Wildman–Crippen LogP) is 7.63. The van der Waals surface area contributed by atoms with Crippen LogP contribution in [0.4, 0.5) is 0 Å². The number of hydrogen-bond donors (Lipinski definition) is 1. The van der Waals surface area contributed by atoms with Crippen LogP contribution >= 0.6 is 0 Å².